The number of phenols is 1. The van der Waals surface area contributed by atoms with Gasteiger partial charge in [0.15, 0.2) is 23.1 Å². The number of benzene rings is 3. The van der Waals surface area contributed by atoms with Crippen molar-refractivity contribution >= 4 is 44.9 Å². The number of aromatic hydroxyl groups is 1. The zero-order valence-electron chi connectivity index (χ0n) is 26.7. The second-order valence-electron chi connectivity index (χ2n) is 14.0. The molecular weight excluding hydrogens is 658 g/mol. The molecule has 8 heteroatoms. The van der Waals surface area contributed by atoms with Gasteiger partial charge in [-0.05, 0) is 68.9 Å². The third kappa shape index (κ3) is 4.51. The van der Waals surface area contributed by atoms with Crippen molar-refractivity contribution in [1.29, 1.82) is 0 Å². The Morgan fingerprint density at radius 1 is 0.915 bits per heavy atom. The maximum atomic E-state index is 15.1. The molecule has 1 saturated heterocycles. The monoisotopic (exact) mass is 693 g/mol. The van der Waals surface area contributed by atoms with Gasteiger partial charge >= 0.3 is 0 Å². The number of phenolic OH excluding ortho intramolecular Hbond substituents is 1. The highest BCUT2D eigenvalue weighted by Crippen LogP contribution is 2.65. The van der Waals surface area contributed by atoms with Gasteiger partial charge in [0.2, 0.25) is 11.8 Å². The van der Waals surface area contributed by atoms with Crippen LogP contribution in [0.4, 0.5) is 0 Å². The molecule has 7 nitrogen and oxygen atoms in total. The second kappa shape index (κ2) is 11.2. The molecule has 0 spiro atoms. The highest BCUT2D eigenvalue weighted by Gasteiger charge is 2.66. The van der Waals surface area contributed by atoms with Gasteiger partial charge in [0.25, 0.3) is 0 Å². The van der Waals surface area contributed by atoms with Crippen LogP contribution in [0.15, 0.2) is 95.0 Å². The number of ether oxygens (including phenoxy) is 1. The lowest BCUT2D eigenvalue weighted by Crippen LogP contribution is -2.59. The molecule has 47 heavy (non-hydrogen) atoms. The van der Waals surface area contributed by atoms with E-state index in [4.69, 9.17) is 4.74 Å². The summed E-state index contributed by atoms with van der Waals surface area (Å²) >= 11 is 3.58. The maximum Gasteiger partial charge on any atom is 0.234 e. The quantitative estimate of drug-likeness (QED) is 0.239. The number of amides is 2. The number of hydrogen-bond acceptors (Lipinski definition) is 6. The van der Waals surface area contributed by atoms with Crippen molar-refractivity contribution in [2.24, 2.45) is 23.7 Å². The van der Waals surface area contributed by atoms with Crippen LogP contribution in [0.1, 0.15) is 56.2 Å². The van der Waals surface area contributed by atoms with Crippen LogP contribution in [-0.4, -0.2) is 46.0 Å². The fourth-order valence-electron chi connectivity index (χ4n) is 8.85. The van der Waals surface area contributed by atoms with Crippen LogP contribution >= 0.6 is 15.9 Å². The minimum Gasteiger partial charge on any atom is -0.504 e. The molecule has 1 N–H and O–H groups in total. The first kappa shape index (κ1) is 31.3. The molecule has 3 aliphatic carbocycles. The Morgan fingerprint density at radius 3 is 2.21 bits per heavy atom. The topological polar surface area (TPSA) is 101 Å². The van der Waals surface area contributed by atoms with Crippen molar-refractivity contribution < 1.29 is 29.0 Å². The summed E-state index contributed by atoms with van der Waals surface area (Å²) in [5.41, 5.74) is 0.671. The summed E-state index contributed by atoms with van der Waals surface area (Å²) in [4.78, 5) is 59.6. The molecule has 7 rings (SSSR count). The smallest absolute Gasteiger partial charge is 0.234 e. The largest absolute Gasteiger partial charge is 0.504 e. The average molecular weight is 695 g/mol. The minimum absolute atomic E-state index is 0.137. The zero-order chi connectivity index (χ0) is 33.4. The molecule has 1 heterocycles. The molecular formula is C39H36BrNO6. The first-order chi connectivity index (χ1) is 22.4. The molecule has 240 valence electrons. The lowest BCUT2D eigenvalue weighted by molar-refractivity contribution is -0.145. The Hall–Kier alpha value is -4.30. The number of ketones is 2. The first-order valence-corrected chi connectivity index (χ1v) is 16.8. The molecule has 2 fully saturated rings. The fourth-order valence-corrected chi connectivity index (χ4v) is 9.30. The van der Waals surface area contributed by atoms with E-state index in [-0.39, 0.29) is 41.3 Å². The Kier molecular flexibility index (Phi) is 7.43. The minimum atomic E-state index is -1.44. The van der Waals surface area contributed by atoms with Gasteiger partial charge in [-0.3, -0.25) is 24.1 Å². The number of rotatable bonds is 4. The van der Waals surface area contributed by atoms with E-state index in [1.165, 1.54) is 18.1 Å². The Balaban J connectivity index is 1.54. The number of carbonyl (C=O) groups excluding carboxylic acids is 4. The zero-order valence-corrected chi connectivity index (χ0v) is 28.3. The van der Waals surface area contributed by atoms with Gasteiger partial charge in [-0.2, -0.15) is 0 Å². The van der Waals surface area contributed by atoms with E-state index in [1.807, 2.05) is 87.5 Å². The molecule has 6 atom stereocenters. The van der Waals surface area contributed by atoms with Gasteiger partial charge in [0.05, 0.1) is 24.4 Å². The molecule has 3 aromatic rings. The van der Waals surface area contributed by atoms with Crippen molar-refractivity contribution in [3.63, 3.8) is 0 Å². The van der Waals surface area contributed by atoms with Crippen molar-refractivity contribution in [2.75, 3.05) is 7.11 Å². The molecule has 0 radical (unpaired) electrons. The van der Waals surface area contributed by atoms with E-state index < -0.39 is 40.5 Å². The SMILES string of the molecule is COc1cc(Br)cc(C2C3=CCC4C(=O)N(C(C)(C)C)C(=O)C4C3CC3C(=O)C(c4ccccc4)=CC(=O)C32c2ccccc2)c1O. The second-order valence-corrected chi connectivity index (χ2v) is 14.9. The molecule has 4 aliphatic rings. The number of fused-ring (bicyclic) bond motifs is 4. The first-order valence-electron chi connectivity index (χ1n) is 16.0. The number of likely N-dealkylation sites (tertiary alicyclic amines) is 1. The van der Waals surface area contributed by atoms with E-state index in [1.54, 1.807) is 12.1 Å². The van der Waals surface area contributed by atoms with E-state index >= 15 is 4.79 Å². The van der Waals surface area contributed by atoms with Gasteiger partial charge in [-0.1, -0.05) is 88.2 Å². The van der Waals surface area contributed by atoms with Gasteiger partial charge in [-0.25, -0.2) is 0 Å². The third-order valence-corrected chi connectivity index (χ3v) is 11.1. The van der Waals surface area contributed by atoms with E-state index in [0.717, 1.165) is 5.57 Å². The van der Waals surface area contributed by atoms with Crippen LogP contribution in [0.25, 0.3) is 5.57 Å². The summed E-state index contributed by atoms with van der Waals surface area (Å²) in [6.45, 7) is 5.56. The molecule has 2 amide bonds. The Bertz CT molecular complexity index is 1890. The van der Waals surface area contributed by atoms with Crippen molar-refractivity contribution in [2.45, 2.75) is 50.5 Å². The summed E-state index contributed by atoms with van der Waals surface area (Å²) in [7, 11) is 1.46. The highest BCUT2D eigenvalue weighted by atomic mass is 79.9. The van der Waals surface area contributed by atoms with Gasteiger partial charge < -0.3 is 9.84 Å². The van der Waals surface area contributed by atoms with Gasteiger partial charge in [0, 0.05) is 33.0 Å². The summed E-state index contributed by atoms with van der Waals surface area (Å²) in [6.07, 6.45) is 3.99. The van der Waals surface area contributed by atoms with E-state index in [0.29, 0.717) is 33.2 Å². The van der Waals surface area contributed by atoms with Gasteiger partial charge in [-0.15, -0.1) is 0 Å². The predicted octanol–water partition coefficient (Wildman–Crippen LogP) is 6.79. The van der Waals surface area contributed by atoms with Crippen LogP contribution in [0.5, 0.6) is 11.5 Å². The normalized spacial score (nSPS) is 28.7. The number of halogens is 1. The molecule has 1 aliphatic heterocycles. The molecule has 6 unspecified atom stereocenters. The van der Waals surface area contributed by atoms with Crippen LogP contribution < -0.4 is 4.74 Å². The Morgan fingerprint density at radius 2 is 1.57 bits per heavy atom. The van der Waals surface area contributed by atoms with Crippen LogP contribution in [0.3, 0.4) is 0 Å². The number of methoxy groups -OCH3 is 1. The summed E-state index contributed by atoms with van der Waals surface area (Å²) < 4.78 is 6.20. The van der Waals surface area contributed by atoms with Crippen LogP contribution in [0.2, 0.25) is 0 Å². The molecule has 1 saturated carbocycles. The van der Waals surface area contributed by atoms with Crippen LogP contribution in [-0.2, 0) is 24.6 Å². The number of nitrogens with zero attached hydrogens (tertiary/aromatic N) is 1. The number of imide groups is 1. The molecule has 0 bridgehead atoms. The number of carbonyl (C=O) groups is 4. The molecule has 0 aromatic heterocycles. The molecule has 3 aromatic carbocycles. The summed E-state index contributed by atoms with van der Waals surface area (Å²) in [5, 5.41) is 11.8. The van der Waals surface area contributed by atoms with Crippen LogP contribution in [0, 0.1) is 23.7 Å². The lowest BCUT2D eigenvalue weighted by atomic mass is 9.44. The third-order valence-electron chi connectivity index (χ3n) is 10.6. The van der Waals surface area contributed by atoms with Crippen molar-refractivity contribution in [3.8, 4) is 11.5 Å². The fraction of sp³-hybridized carbons (Fsp3) is 0.333. The highest BCUT2D eigenvalue weighted by molar-refractivity contribution is 9.10. The maximum absolute atomic E-state index is 15.1. The van der Waals surface area contributed by atoms with Crippen molar-refractivity contribution in [1.82, 2.24) is 4.90 Å². The average Bonchev–Trinajstić information content (AvgIpc) is 3.33. The van der Waals surface area contributed by atoms with Gasteiger partial charge in [0.1, 0.15) is 0 Å². The predicted molar refractivity (Wildman–Crippen MR) is 181 cm³/mol. The Labute approximate surface area is 282 Å². The van der Waals surface area contributed by atoms with E-state index in [9.17, 15) is 19.5 Å². The lowest BCUT2D eigenvalue weighted by Gasteiger charge is -2.55. The van der Waals surface area contributed by atoms with E-state index in [2.05, 4.69) is 15.9 Å². The standard InChI is InChI=1S/C39H36BrNO6/c1-38(2,3)41-36(45)25-16-15-24-27(32(25)37(41)46)19-29-34(43)26(21-11-7-5-8-12-21)20-31(42)39(29,22-13-9-6-10-14-22)33(24)28-17-23(40)18-30(47-4)35(28)44/h5-15,17-18,20,25,27,29,32-33,44H,16,19H2,1-4H3. The summed E-state index contributed by atoms with van der Waals surface area (Å²) in [5.74, 6) is -4.32. The van der Waals surface area contributed by atoms with Crippen molar-refractivity contribution in [3.05, 3.63) is 112 Å². The number of allylic oxidation sites excluding steroid dienone is 4. The number of Topliss-reactive ketones (excluding diaryl/α,β-unsaturated/α-hetero) is 1. The summed E-state index contributed by atoms with van der Waals surface area (Å²) in [6, 6.07) is 21.9. The number of hydrogen-bond donors (Lipinski definition) is 1.